The average Bonchev–Trinajstić information content (AvgIpc) is 2.50. The third-order valence-corrected chi connectivity index (χ3v) is 3.01. The lowest BCUT2D eigenvalue weighted by molar-refractivity contribution is 0.102. The molecule has 21 heavy (non-hydrogen) atoms. The Balaban J connectivity index is 2.22. The van der Waals surface area contributed by atoms with Crippen molar-refractivity contribution in [2.75, 3.05) is 17.2 Å². The van der Waals surface area contributed by atoms with Crippen molar-refractivity contribution in [2.45, 2.75) is 6.92 Å². The molecule has 2 N–H and O–H groups in total. The summed E-state index contributed by atoms with van der Waals surface area (Å²) in [5.41, 5.74) is 1.08. The van der Waals surface area contributed by atoms with Crippen LogP contribution < -0.4 is 10.6 Å². The smallest absolute Gasteiger partial charge is 0.274 e. The largest absolute Gasteiger partial charge is 0.370 e. The van der Waals surface area contributed by atoms with E-state index in [2.05, 4.69) is 15.6 Å². The fraction of sp³-hybridized carbons (Fsp3) is 0.133. The fourth-order valence-electron chi connectivity index (χ4n) is 1.72. The van der Waals surface area contributed by atoms with Crippen LogP contribution in [0.15, 0.2) is 36.4 Å². The molecule has 0 atom stereocenters. The molecule has 0 unspecified atom stereocenters. The van der Waals surface area contributed by atoms with Crippen LogP contribution in [0.25, 0.3) is 0 Å². The van der Waals surface area contributed by atoms with Crippen molar-refractivity contribution in [3.8, 4) is 6.07 Å². The van der Waals surface area contributed by atoms with E-state index in [0.29, 0.717) is 28.6 Å². The number of pyridine rings is 1. The van der Waals surface area contributed by atoms with Crippen molar-refractivity contribution in [3.05, 3.63) is 52.7 Å². The predicted octanol–water partition coefficient (Wildman–Crippen LogP) is 3.29. The minimum Gasteiger partial charge on any atom is -0.370 e. The van der Waals surface area contributed by atoms with E-state index in [9.17, 15) is 4.79 Å². The Morgan fingerprint density at radius 1 is 1.38 bits per heavy atom. The number of benzene rings is 1. The van der Waals surface area contributed by atoms with Gasteiger partial charge in [-0.1, -0.05) is 17.7 Å². The number of carbonyl (C=O) groups is 1. The molecule has 0 aliphatic heterocycles. The molecule has 106 valence electrons. The minimum absolute atomic E-state index is 0.270. The van der Waals surface area contributed by atoms with E-state index in [1.54, 1.807) is 30.3 Å². The number of carbonyl (C=O) groups excluding carboxylic acids is 1. The van der Waals surface area contributed by atoms with E-state index in [-0.39, 0.29) is 11.6 Å². The summed E-state index contributed by atoms with van der Waals surface area (Å²) in [6, 6.07) is 11.8. The SMILES string of the molecule is CCNc1cccc(C(=O)Nc2cc(C#N)ccc2Cl)n1. The Morgan fingerprint density at radius 2 is 2.19 bits per heavy atom. The first-order valence-corrected chi connectivity index (χ1v) is 6.73. The van der Waals surface area contributed by atoms with E-state index in [4.69, 9.17) is 16.9 Å². The fourth-order valence-corrected chi connectivity index (χ4v) is 1.88. The molecule has 0 aliphatic carbocycles. The molecular weight excluding hydrogens is 288 g/mol. The van der Waals surface area contributed by atoms with E-state index in [1.165, 1.54) is 6.07 Å². The molecule has 5 nitrogen and oxygen atoms in total. The molecule has 1 aromatic carbocycles. The van der Waals surface area contributed by atoms with Gasteiger partial charge in [-0.25, -0.2) is 4.98 Å². The normalized spacial score (nSPS) is 9.76. The van der Waals surface area contributed by atoms with Gasteiger partial charge in [-0.2, -0.15) is 5.26 Å². The first kappa shape index (κ1) is 14.8. The lowest BCUT2D eigenvalue weighted by atomic mass is 10.2. The molecule has 6 heteroatoms. The predicted molar refractivity (Wildman–Crippen MR) is 82.5 cm³/mol. The van der Waals surface area contributed by atoms with Crippen molar-refractivity contribution in [3.63, 3.8) is 0 Å². The van der Waals surface area contributed by atoms with E-state index >= 15 is 0 Å². The van der Waals surface area contributed by atoms with Crippen LogP contribution in [0.4, 0.5) is 11.5 Å². The molecule has 0 aliphatic rings. The standard InChI is InChI=1S/C15H13ClN4O/c1-2-18-14-5-3-4-12(19-14)15(21)20-13-8-10(9-17)6-7-11(13)16/h3-8H,2H2,1H3,(H,18,19)(H,20,21). The monoisotopic (exact) mass is 300 g/mol. The molecule has 2 aromatic rings. The maximum absolute atomic E-state index is 12.2. The van der Waals surface area contributed by atoms with Gasteiger partial charge < -0.3 is 10.6 Å². The van der Waals surface area contributed by atoms with Gasteiger partial charge >= 0.3 is 0 Å². The van der Waals surface area contributed by atoms with Crippen LogP contribution in [0.5, 0.6) is 0 Å². The summed E-state index contributed by atoms with van der Waals surface area (Å²) in [6.07, 6.45) is 0. The van der Waals surface area contributed by atoms with E-state index in [1.807, 2.05) is 13.0 Å². The lowest BCUT2D eigenvalue weighted by Crippen LogP contribution is -2.15. The molecule has 1 aromatic heterocycles. The van der Waals surface area contributed by atoms with E-state index in [0.717, 1.165) is 0 Å². The Labute approximate surface area is 127 Å². The Bertz CT molecular complexity index is 709. The molecule has 0 saturated heterocycles. The molecule has 0 radical (unpaired) electrons. The van der Waals surface area contributed by atoms with Crippen molar-refractivity contribution < 1.29 is 4.79 Å². The number of hydrogen-bond acceptors (Lipinski definition) is 4. The van der Waals surface area contributed by atoms with Gasteiger partial charge in [0.05, 0.1) is 22.3 Å². The number of amides is 1. The Hall–Kier alpha value is -2.58. The summed E-state index contributed by atoms with van der Waals surface area (Å²) in [4.78, 5) is 16.4. The first-order chi connectivity index (χ1) is 10.1. The van der Waals surface area contributed by atoms with Crippen LogP contribution in [0.3, 0.4) is 0 Å². The van der Waals surface area contributed by atoms with Gasteiger partial charge in [-0.05, 0) is 37.3 Å². The zero-order valence-corrected chi connectivity index (χ0v) is 12.1. The van der Waals surface area contributed by atoms with Gasteiger partial charge in [0.25, 0.3) is 5.91 Å². The number of nitrogens with zero attached hydrogens (tertiary/aromatic N) is 2. The van der Waals surface area contributed by atoms with Crippen molar-refractivity contribution in [1.82, 2.24) is 4.98 Å². The second-order valence-electron chi connectivity index (χ2n) is 4.20. The van der Waals surface area contributed by atoms with Gasteiger partial charge in [0.15, 0.2) is 0 Å². The van der Waals surface area contributed by atoms with Gasteiger partial charge in [0, 0.05) is 6.54 Å². The summed E-state index contributed by atoms with van der Waals surface area (Å²) in [7, 11) is 0. The van der Waals surface area contributed by atoms with Crippen LogP contribution >= 0.6 is 11.6 Å². The summed E-state index contributed by atoms with van der Waals surface area (Å²) in [5.74, 6) is 0.244. The quantitative estimate of drug-likeness (QED) is 0.908. The highest BCUT2D eigenvalue weighted by Crippen LogP contribution is 2.23. The van der Waals surface area contributed by atoms with Crippen LogP contribution in [-0.2, 0) is 0 Å². The van der Waals surface area contributed by atoms with Crippen molar-refractivity contribution >= 4 is 29.0 Å². The number of nitriles is 1. The Morgan fingerprint density at radius 3 is 2.90 bits per heavy atom. The molecule has 0 saturated carbocycles. The van der Waals surface area contributed by atoms with Crippen LogP contribution in [0, 0.1) is 11.3 Å². The molecule has 0 fully saturated rings. The average molecular weight is 301 g/mol. The summed E-state index contributed by atoms with van der Waals surface area (Å²) < 4.78 is 0. The summed E-state index contributed by atoms with van der Waals surface area (Å²) in [6.45, 7) is 2.66. The number of aromatic nitrogens is 1. The van der Waals surface area contributed by atoms with Gasteiger partial charge in [-0.15, -0.1) is 0 Å². The van der Waals surface area contributed by atoms with Crippen molar-refractivity contribution in [1.29, 1.82) is 5.26 Å². The highest BCUT2D eigenvalue weighted by atomic mass is 35.5. The third kappa shape index (κ3) is 3.71. The number of halogens is 1. The number of nitrogens with one attached hydrogen (secondary N) is 2. The van der Waals surface area contributed by atoms with E-state index < -0.39 is 0 Å². The van der Waals surface area contributed by atoms with Gasteiger partial charge in [0.1, 0.15) is 11.5 Å². The molecule has 0 bridgehead atoms. The third-order valence-electron chi connectivity index (χ3n) is 2.68. The highest BCUT2D eigenvalue weighted by molar-refractivity contribution is 6.34. The summed E-state index contributed by atoms with van der Waals surface area (Å²) >= 11 is 6.01. The zero-order chi connectivity index (χ0) is 15.2. The second kappa shape index (κ2) is 6.73. The van der Waals surface area contributed by atoms with Crippen molar-refractivity contribution in [2.24, 2.45) is 0 Å². The lowest BCUT2D eigenvalue weighted by Gasteiger charge is -2.08. The minimum atomic E-state index is -0.383. The maximum atomic E-state index is 12.2. The highest BCUT2D eigenvalue weighted by Gasteiger charge is 2.11. The second-order valence-corrected chi connectivity index (χ2v) is 4.61. The number of hydrogen-bond donors (Lipinski definition) is 2. The number of anilines is 2. The van der Waals surface area contributed by atoms with Crippen LogP contribution in [-0.4, -0.2) is 17.4 Å². The van der Waals surface area contributed by atoms with Crippen LogP contribution in [0.2, 0.25) is 5.02 Å². The zero-order valence-electron chi connectivity index (χ0n) is 11.4. The number of rotatable bonds is 4. The molecule has 2 rings (SSSR count). The molecule has 0 spiro atoms. The van der Waals surface area contributed by atoms with Gasteiger partial charge in [-0.3, -0.25) is 4.79 Å². The molecular formula is C15H13ClN4O. The van der Waals surface area contributed by atoms with Crippen LogP contribution in [0.1, 0.15) is 23.0 Å². The topological polar surface area (TPSA) is 77.8 Å². The van der Waals surface area contributed by atoms with Gasteiger partial charge in [0.2, 0.25) is 0 Å². The Kier molecular flexibility index (Phi) is 4.75. The molecule has 1 heterocycles. The maximum Gasteiger partial charge on any atom is 0.274 e. The molecule has 1 amide bonds. The first-order valence-electron chi connectivity index (χ1n) is 6.36. The summed E-state index contributed by atoms with van der Waals surface area (Å²) in [5, 5.41) is 14.9.